The molecule has 0 spiro atoms. The second-order valence-corrected chi connectivity index (χ2v) is 12.0. The van der Waals surface area contributed by atoms with Gasteiger partial charge in [0.2, 0.25) is 0 Å². The lowest BCUT2D eigenvalue weighted by Crippen LogP contribution is -2.67. The number of hydrogen-bond donors (Lipinski definition) is 0. The normalized spacial score (nSPS) is 13.3. The largest absolute Gasteiger partial charge is 0.405 e. The maximum atomic E-state index is 6.67. The Bertz CT molecular complexity index is 616. The van der Waals surface area contributed by atoms with E-state index in [-0.39, 0.29) is 9.87 Å². The third kappa shape index (κ3) is 3.77. The van der Waals surface area contributed by atoms with E-state index in [1.165, 1.54) is 10.4 Å². The van der Waals surface area contributed by atoms with Gasteiger partial charge in [-0.1, -0.05) is 103 Å². The molecule has 0 bridgehead atoms. The van der Waals surface area contributed by atoms with Gasteiger partial charge in [0.15, 0.2) is 0 Å². The van der Waals surface area contributed by atoms with E-state index in [1.54, 1.807) is 0 Å². The average molecular weight is 387 g/mol. The average Bonchev–Trinajstić information content (AvgIpc) is 2.56. The van der Waals surface area contributed by atoms with Gasteiger partial charge in [-0.25, -0.2) is 0 Å². The summed E-state index contributed by atoms with van der Waals surface area (Å²) in [6, 6.07) is 21.2. The molecule has 0 aliphatic heterocycles. The molecule has 1 atom stereocenters. The van der Waals surface area contributed by atoms with E-state index in [0.29, 0.717) is 6.61 Å². The zero-order valence-electron chi connectivity index (χ0n) is 13.9. The number of rotatable bonds is 5. The van der Waals surface area contributed by atoms with Gasteiger partial charge < -0.3 is 4.43 Å². The molecule has 1 nitrogen and oxygen atoms in total. The van der Waals surface area contributed by atoms with Gasteiger partial charge in [0.1, 0.15) is 0 Å². The molecule has 120 valence electrons. The first-order valence-corrected chi connectivity index (χ1v) is 10.6. The van der Waals surface area contributed by atoms with Gasteiger partial charge in [-0.15, -0.1) is 6.42 Å². The van der Waals surface area contributed by atoms with Gasteiger partial charge in [-0.2, -0.15) is 0 Å². The maximum absolute atomic E-state index is 6.67. The topological polar surface area (TPSA) is 9.23 Å². The Balaban J connectivity index is 2.62. The van der Waals surface area contributed by atoms with Crippen molar-refractivity contribution in [3.8, 4) is 12.3 Å². The van der Waals surface area contributed by atoms with Gasteiger partial charge in [0.05, 0.1) is 11.4 Å². The quantitative estimate of drug-likeness (QED) is 0.429. The molecule has 0 aliphatic rings. The van der Waals surface area contributed by atoms with Crippen LogP contribution in [0, 0.1) is 12.3 Å². The summed E-state index contributed by atoms with van der Waals surface area (Å²) in [4.78, 5) is -0.0795. The molecule has 3 heteroatoms. The monoisotopic (exact) mass is 386 g/mol. The second-order valence-electron chi connectivity index (χ2n) is 6.61. The summed E-state index contributed by atoms with van der Waals surface area (Å²) >= 11 is 3.50. The lowest BCUT2D eigenvalue weighted by Gasteiger charge is -2.43. The first-order chi connectivity index (χ1) is 10.9. The lowest BCUT2D eigenvalue weighted by atomic mass is 10.2. The van der Waals surface area contributed by atoms with Crippen LogP contribution in [0.5, 0.6) is 0 Å². The summed E-state index contributed by atoms with van der Waals surface area (Å²) in [5.74, 6) is 2.71. The Labute approximate surface area is 149 Å². The number of halogens is 1. The predicted octanol–water partition coefficient (Wildman–Crippen LogP) is 3.96. The van der Waals surface area contributed by atoms with E-state index >= 15 is 0 Å². The lowest BCUT2D eigenvalue weighted by molar-refractivity contribution is 0.311. The van der Waals surface area contributed by atoms with Crippen LogP contribution < -0.4 is 10.4 Å². The molecule has 0 saturated heterocycles. The van der Waals surface area contributed by atoms with Crippen molar-refractivity contribution in [3.63, 3.8) is 0 Å². The van der Waals surface area contributed by atoms with Crippen LogP contribution in [0.15, 0.2) is 60.7 Å². The van der Waals surface area contributed by atoms with Crippen LogP contribution in [0.25, 0.3) is 0 Å². The minimum Gasteiger partial charge on any atom is -0.405 e. The number of alkyl halides is 1. The van der Waals surface area contributed by atoms with E-state index in [2.05, 4.69) is 91.2 Å². The van der Waals surface area contributed by atoms with Crippen LogP contribution in [0.3, 0.4) is 0 Å². The van der Waals surface area contributed by atoms with Gasteiger partial charge in [-0.3, -0.25) is 0 Å². The molecule has 0 unspecified atom stereocenters. The molecule has 23 heavy (non-hydrogen) atoms. The van der Waals surface area contributed by atoms with Crippen molar-refractivity contribution in [3.05, 3.63) is 60.7 Å². The molecule has 2 aromatic rings. The summed E-state index contributed by atoms with van der Waals surface area (Å²) in [6.45, 7) is 7.29. The summed E-state index contributed by atoms with van der Waals surface area (Å²) in [7, 11) is -2.45. The SMILES string of the molecule is C#C[C@@H](Br)CO[Si](c1ccccc1)(c1ccccc1)C(C)(C)C. The molecule has 2 aromatic carbocycles. The third-order valence-electron chi connectivity index (χ3n) is 4.04. The van der Waals surface area contributed by atoms with Crippen LogP contribution in [-0.4, -0.2) is 19.8 Å². The summed E-state index contributed by atoms with van der Waals surface area (Å²) in [5.41, 5.74) is 0. The summed E-state index contributed by atoms with van der Waals surface area (Å²) in [5, 5.41) is 2.53. The van der Waals surface area contributed by atoms with Crippen molar-refractivity contribution in [1.82, 2.24) is 0 Å². The maximum Gasteiger partial charge on any atom is 0.261 e. The fourth-order valence-electron chi connectivity index (χ4n) is 3.01. The summed E-state index contributed by atoms with van der Waals surface area (Å²) in [6.07, 6.45) is 5.53. The van der Waals surface area contributed by atoms with Gasteiger partial charge in [0, 0.05) is 0 Å². The minimum atomic E-state index is -2.45. The van der Waals surface area contributed by atoms with E-state index in [0.717, 1.165) is 0 Å². The van der Waals surface area contributed by atoms with E-state index in [9.17, 15) is 0 Å². The van der Waals surface area contributed by atoms with E-state index in [4.69, 9.17) is 10.8 Å². The number of benzene rings is 2. The Morgan fingerprint density at radius 3 is 1.78 bits per heavy atom. The number of hydrogen-bond acceptors (Lipinski definition) is 1. The van der Waals surface area contributed by atoms with Crippen molar-refractivity contribution in [2.24, 2.45) is 0 Å². The van der Waals surface area contributed by atoms with Crippen LogP contribution >= 0.6 is 15.9 Å². The molecule has 0 amide bonds. The molecule has 0 radical (unpaired) electrons. The Morgan fingerprint density at radius 1 is 1.00 bits per heavy atom. The highest BCUT2D eigenvalue weighted by Gasteiger charge is 2.50. The van der Waals surface area contributed by atoms with Crippen LogP contribution in [0.4, 0.5) is 0 Å². The fourth-order valence-corrected chi connectivity index (χ4v) is 7.96. The van der Waals surface area contributed by atoms with Crippen LogP contribution in [0.1, 0.15) is 20.8 Å². The number of terminal acetylenes is 1. The Morgan fingerprint density at radius 2 is 1.43 bits per heavy atom. The molecule has 0 saturated carbocycles. The standard InChI is InChI=1S/C20H23BrOSi/c1-5-17(21)16-22-23(20(2,3)4,18-12-8-6-9-13-18)19-14-10-7-11-15-19/h1,6-15,17H,16H2,2-4H3/t17-/m1/s1. The van der Waals surface area contributed by atoms with Gasteiger partial charge in [-0.05, 0) is 15.4 Å². The first kappa shape index (κ1) is 18.0. The molecule has 0 aromatic heterocycles. The molecule has 0 aliphatic carbocycles. The first-order valence-electron chi connectivity index (χ1n) is 7.77. The molecular weight excluding hydrogens is 364 g/mol. The van der Waals surface area contributed by atoms with Crippen LogP contribution in [-0.2, 0) is 4.43 Å². The molecule has 0 fully saturated rings. The highest BCUT2D eigenvalue weighted by atomic mass is 79.9. The molecule has 2 rings (SSSR count). The van der Waals surface area contributed by atoms with Crippen molar-refractivity contribution in [1.29, 1.82) is 0 Å². The van der Waals surface area contributed by atoms with E-state index in [1.807, 2.05) is 12.1 Å². The highest BCUT2D eigenvalue weighted by molar-refractivity contribution is 9.09. The zero-order valence-corrected chi connectivity index (χ0v) is 16.5. The Hall–Kier alpha value is -1.34. The Kier molecular flexibility index (Phi) is 5.86. The zero-order chi connectivity index (χ0) is 16.9. The molecular formula is C20H23BrOSi. The van der Waals surface area contributed by atoms with E-state index < -0.39 is 8.32 Å². The second kappa shape index (κ2) is 7.48. The molecule has 0 heterocycles. The smallest absolute Gasteiger partial charge is 0.261 e. The van der Waals surface area contributed by atoms with Crippen LogP contribution in [0.2, 0.25) is 5.04 Å². The van der Waals surface area contributed by atoms with Crippen molar-refractivity contribution in [2.45, 2.75) is 30.6 Å². The fraction of sp³-hybridized carbons (Fsp3) is 0.300. The minimum absolute atomic E-state index is 0.0168. The third-order valence-corrected chi connectivity index (χ3v) is 9.58. The highest BCUT2D eigenvalue weighted by Crippen LogP contribution is 2.36. The van der Waals surface area contributed by atoms with Gasteiger partial charge >= 0.3 is 0 Å². The van der Waals surface area contributed by atoms with Crippen molar-refractivity contribution in [2.75, 3.05) is 6.61 Å². The summed E-state index contributed by atoms with van der Waals surface area (Å²) < 4.78 is 6.67. The van der Waals surface area contributed by atoms with Gasteiger partial charge in [0.25, 0.3) is 8.32 Å². The van der Waals surface area contributed by atoms with Crippen molar-refractivity contribution < 1.29 is 4.43 Å². The van der Waals surface area contributed by atoms with Crippen molar-refractivity contribution >= 4 is 34.6 Å². The predicted molar refractivity (Wildman–Crippen MR) is 105 cm³/mol. The molecule has 0 N–H and O–H groups in total.